The highest BCUT2D eigenvalue weighted by Crippen LogP contribution is 2.31. The number of aromatic nitrogens is 3. The molecule has 2 aromatic carbocycles. The molecule has 0 atom stereocenters. The van der Waals surface area contributed by atoms with E-state index in [0.29, 0.717) is 33.6 Å². The summed E-state index contributed by atoms with van der Waals surface area (Å²) in [4.78, 5) is 17.7. The van der Waals surface area contributed by atoms with Crippen molar-refractivity contribution in [3.8, 4) is 17.0 Å². The predicted octanol–water partition coefficient (Wildman–Crippen LogP) is 4.59. The minimum Gasteiger partial charge on any atom is -0.496 e. The van der Waals surface area contributed by atoms with E-state index in [2.05, 4.69) is 15.4 Å². The first-order valence-electron chi connectivity index (χ1n) is 9.68. The van der Waals surface area contributed by atoms with Gasteiger partial charge in [-0.25, -0.2) is 4.98 Å². The summed E-state index contributed by atoms with van der Waals surface area (Å²) in [5.74, 6) is 0.221. The van der Waals surface area contributed by atoms with E-state index >= 15 is 0 Å². The van der Waals surface area contributed by atoms with Gasteiger partial charge in [-0.3, -0.25) is 9.48 Å². The molecular formula is C23H19F3N4O2. The van der Waals surface area contributed by atoms with Gasteiger partial charge in [0.25, 0.3) is 5.91 Å². The van der Waals surface area contributed by atoms with Crippen LogP contribution in [-0.4, -0.2) is 27.8 Å². The van der Waals surface area contributed by atoms with E-state index in [1.165, 1.54) is 12.1 Å². The third-order valence-corrected chi connectivity index (χ3v) is 5.07. The van der Waals surface area contributed by atoms with Crippen molar-refractivity contribution in [2.75, 3.05) is 7.11 Å². The van der Waals surface area contributed by atoms with Crippen molar-refractivity contribution in [2.24, 2.45) is 7.05 Å². The van der Waals surface area contributed by atoms with Crippen LogP contribution in [0.5, 0.6) is 5.75 Å². The number of rotatable bonds is 5. The highest BCUT2D eigenvalue weighted by molar-refractivity contribution is 6.06. The Labute approximate surface area is 181 Å². The number of fused-ring (bicyclic) bond motifs is 1. The van der Waals surface area contributed by atoms with Crippen molar-refractivity contribution in [1.82, 2.24) is 20.1 Å². The van der Waals surface area contributed by atoms with E-state index in [-0.39, 0.29) is 12.5 Å². The van der Waals surface area contributed by atoms with Crippen molar-refractivity contribution in [2.45, 2.75) is 12.7 Å². The monoisotopic (exact) mass is 440 g/mol. The van der Waals surface area contributed by atoms with Gasteiger partial charge in [-0.15, -0.1) is 0 Å². The van der Waals surface area contributed by atoms with E-state index in [9.17, 15) is 18.0 Å². The lowest BCUT2D eigenvalue weighted by Gasteiger charge is -2.12. The Morgan fingerprint density at radius 3 is 2.53 bits per heavy atom. The number of hydrogen-bond donors (Lipinski definition) is 1. The number of benzene rings is 2. The quantitative estimate of drug-likeness (QED) is 0.493. The fraction of sp³-hybridized carbons (Fsp3) is 0.174. The average molecular weight is 440 g/mol. The van der Waals surface area contributed by atoms with Crippen molar-refractivity contribution in [1.29, 1.82) is 0 Å². The lowest BCUT2D eigenvalue weighted by Crippen LogP contribution is -2.23. The van der Waals surface area contributed by atoms with Crippen LogP contribution in [0, 0.1) is 0 Å². The van der Waals surface area contributed by atoms with Gasteiger partial charge < -0.3 is 10.1 Å². The minimum absolute atomic E-state index is 0.0744. The third-order valence-electron chi connectivity index (χ3n) is 5.07. The average Bonchev–Trinajstić information content (AvgIpc) is 3.17. The fourth-order valence-corrected chi connectivity index (χ4v) is 3.39. The molecule has 0 spiro atoms. The Balaban J connectivity index is 1.65. The number of methoxy groups -OCH3 is 1. The highest BCUT2D eigenvalue weighted by Gasteiger charge is 2.30. The smallest absolute Gasteiger partial charge is 0.416 e. The number of nitrogens with zero attached hydrogens (tertiary/aromatic N) is 3. The SMILES string of the molecule is COc1ccccc1-c1cc(C(=O)NCc2ccc(C(F)(F)F)cc2)c2cnn(C)c2n1. The number of aryl methyl sites for hydroxylation is 1. The van der Waals surface area contributed by atoms with E-state index in [4.69, 9.17) is 4.74 Å². The van der Waals surface area contributed by atoms with Crippen LogP contribution in [-0.2, 0) is 19.8 Å². The Hall–Kier alpha value is -3.88. The molecule has 0 saturated heterocycles. The van der Waals surface area contributed by atoms with Crippen LogP contribution in [0.25, 0.3) is 22.3 Å². The molecule has 6 nitrogen and oxygen atoms in total. The molecule has 0 saturated carbocycles. The molecule has 0 aliphatic rings. The van der Waals surface area contributed by atoms with Crippen molar-refractivity contribution in [3.63, 3.8) is 0 Å². The normalized spacial score (nSPS) is 11.5. The second-order valence-electron chi connectivity index (χ2n) is 7.14. The number of halogens is 3. The zero-order valence-corrected chi connectivity index (χ0v) is 17.3. The summed E-state index contributed by atoms with van der Waals surface area (Å²) in [6, 6.07) is 13.6. The van der Waals surface area contributed by atoms with Gasteiger partial charge in [-0.2, -0.15) is 18.3 Å². The standard InChI is InChI=1S/C23H19F3N4O2/c1-30-21-18(13-28-30)17(11-19(29-21)16-5-3-4-6-20(16)32-2)22(31)27-12-14-7-9-15(10-8-14)23(24,25)26/h3-11,13H,12H2,1-2H3,(H,27,31). The Morgan fingerprint density at radius 2 is 1.84 bits per heavy atom. The Bertz CT molecular complexity index is 1280. The van der Waals surface area contributed by atoms with E-state index in [1.54, 1.807) is 37.2 Å². The number of carbonyl (C=O) groups is 1. The summed E-state index contributed by atoms with van der Waals surface area (Å²) >= 11 is 0. The molecule has 9 heteroatoms. The number of nitrogens with one attached hydrogen (secondary N) is 1. The van der Waals surface area contributed by atoms with Crippen molar-refractivity contribution < 1.29 is 22.7 Å². The molecule has 0 aliphatic carbocycles. The second kappa shape index (κ2) is 8.33. The number of amides is 1. The maximum atomic E-state index is 13.0. The summed E-state index contributed by atoms with van der Waals surface area (Å²) in [5.41, 5.74) is 1.95. The molecule has 32 heavy (non-hydrogen) atoms. The largest absolute Gasteiger partial charge is 0.496 e. The van der Waals surface area contributed by atoms with Crippen LogP contribution in [0.1, 0.15) is 21.5 Å². The lowest BCUT2D eigenvalue weighted by atomic mass is 10.1. The number of hydrogen-bond acceptors (Lipinski definition) is 4. The maximum Gasteiger partial charge on any atom is 0.416 e. The second-order valence-corrected chi connectivity index (χ2v) is 7.14. The molecular weight excluding hydrogens is 421 g/mol. The van der Waals surface area contributed by atoms with Gasteiger partial charge in [0.2, 0.25) is 0 Å². The van der Waals surface area contributed by atoms with Crippen molar-refractivity contribution in [3.05, 3.63) is 77.5 Å². The van der Waals surface area contributed by atoms with Crippen LogP contribution in [0.15, 0.2) is 60.8 Å². The van der Waals surface area contributed by atoms with Crippen molar-refractivity contribution >= 4 is 16.9 Å². The van der Waals surface area contributed by atoms with E-state index < -0.39 is 11.7 Å². The van der Waals surface area contributed by atoms with Crippen LogP contribution in [0.3, 0.4) is 0 Å². The molecule has 0 bridgehead atoms. The van der Waals surface area contributed by atoms with Gasteiger partial charge in [-0.05, 0) is 35.9 Å². The molecule has 0 unspecified atom stereocenters. The highest BCUT2D eigenvalue weighted by atomic mass is 19.4. The molecule has 2 heterocycles. The lowest BCUT2D eigenvalue weighted by molar-refractivity contribution is -0.137. The first-order chi connectivity index (χ1) is 15.3. The molecule has 1 N–H and O–H groups in total. The van der Waals surface area contributed by atoms with Crippen LogP contribution in [0.2, 0.25) is 0 Å². The molecule has 4 rings (SSSR count). The number of alkyl halides is 3. The van der Waals surface area contributed by atoms with Crippen LogP contribution in [0.4, 0.5) is 13.2 Å². The molecule has 2 aromatic heterocycles. The van der Waals surface area contributed by atoms with Gasteiger partial charge in [0, 0.05) is 19.2 Å². The maximum absolute atomic E-state index is 13.0. The predicted molar refractivity (Wildman–Crippen MR) is 113 cm³/mol. The summed E-state index contributed by atoms with van der Waals surface area (Å²) in [6.07, 6.45) is -2.85. The number of pyridine rings is 1. The van der Waals surface area contributed by atoms with Gasteiger partial charge in [0.05, 0.1) is 35.5 Å². The first kappa shape index (κ1) is 21.4. The summed E-state index contributed by atoms with van der Waals surface area (Å²) in [7, 11) is 3.28. The number of ether oxygens (including phenoxy) is 1. The molecule has 4 aromatic rings. The van der Waals surface area contributed by atoms with E-state index in [0.717, 1.165) is 17.7 Å². The van der Waals surface area contributed by atoms with Gasteiger partial charge >= 0.3 is 6.18 Å². The number of para-hydroxylation sites is 1. The van der Waals surface area contributed by atoms with Crippen LogP contribution >= 0.6 is 0 Å². The number of carbonyl (C=O) groups excluding carboxylic acids is 1. The fourth-order valence-electron chi connectivity index (χ4n) is 3.39. The van der Waals surface area contributed by atoms with Gasteiger partial charge in [0.15, 0.2) is 5.65 Å². The molecule has 0 radical (unpaired) electrons. The van der Waals surface area contributed by atoms with Gasteiger partial charge in [0.1, 0.15) is 5.75 Å². The Kier molecular flexibility index (Phi) is 5.56. The third kappa shape index (κ3) is 4.14. The topological polar surface area (TPSA) is 69.0 Å². The zero-order valence-electron chi connectivity index (χ0n) is 17.3. The molecule has 0 aliphatic heterocycles. The summed E-state index contributed by atoms with van der Waals surface area (Å²) in [6.45, 7) is 0.0744. The van der Waals surface area contributed by atoms with Gasteiger partial charge in [-0.1, -0.05) is 24.3 Å². The molecule has 0 fully saturated rings. The van der Waals surface area contributed by atoms with Crippen LogP contribution < -0.4 is 10.1 Å². The van der Waals surface area contributed by atoms with E-state index in [1.807, 2.05) is 18.2 Å². The summed E-state index contributed by atoms with van der Waals surface area (Å²) < 4.78 is 45.2. The Morgan fingerprint density at radius 1 is 1.12 bits per heavy atom. The molecule has 1 amide bonds. The molecule has 164 valence electrons. The minimum atomic E-state index is -4.40. The first-order valence-corrected chi connectivity index (χ1v) is 9.68. The summed E-state index contributed by atoms with van der Waals surface area (Å²) in [5, 5.41) is 7.54. The zero-order chi connectivity index (χ0) is 22.9.